The topological polar surface area (TPSA) is 58.2 Å². The molecule has 1 aliphatic rings. The molecule has 3 amide bonds. The van der Waals surface area contributed by atoms with E-state index in [0.717, 1.165) is 4.88 Å². The standard InChI is InChI=1S/C9H5ClN2O2S/c10-7-4-2-5(15-7)1-3-6-8(13)12-9(14)11-6/h2,4,6H,(H2,11,12,13,14). The summed E-state index contributed by atoms with van der Waals surface area (Å²) >= 11 is 7.03. The number of carbonyl (C=O) groups is 2. The fourth-order valence-corrected chi connectivity index (χ4v) is 1.95. The Balaban J connectivity index is 2.12. The highest BCUT2D eigenvalue weighted by atomic mass is 35.5. The van der Waals surface area contributed by atoms with Gasteiger partial charge >= 0.3 is 6.03 Å². The van der Waals surface area contributed by atoms with Crippen LogP contribution >= 0.6 is 22.9 Å². The van der Waals surface area contributed by atoms with Gasteiger partial charge in [-0.2, -0.15) is 0 Å². The summed E-state index contributed by atoms with van der Waals surface area (Å²) in [6.45, 7) is 0. The van der Waals surface area contributed by atoms with Crippen molar-refractivity contribution in [2.45, 2.75) is 6.04 Å². The third-order valence-electron chi connectivity index (χ3n) is 1.69. The number of urea groups is 1. The Morgan fingerprint density at radius 3 is 2.73 bits per heavy atom. The zero-order chi connectivity index (χ0) is 10.8. The van der Waals surface area contributed by atoms with E-state index in [1.165, 1.54) is 11.3 Å². The van der Waals surface area contributed by atoms with Gasteiger partial charge < -0.3 is 5.32 Å². The molecule has 1 fully saturated rings. The highest BCUT2D eigenvalue weighted by molar-refractivity contribution is 7.16. The van der Waals surface area contributed by atoms with Crippen molar-refractivity contribution >= 4 is 34.9 Å². The zero-order valence-corrected chi connectivity index (χ0v) is 8.91. The van der Waals surface area contributed by atoms with Crippen LogP contribution in [0.4, 0.5) is 4.79 Å². The van der Waals surface area contributed by atoms with Crippen LogP contribution in [0.5, 0.6) is 0 Å². The number of rotatable bonds is 0. The average molecular weight is 241 g/mol. The Labute approximate surface area is 94.6 Å². The van der Waals surface area contributed by atoms with Crippen molar-refractivity contribution in [3.8, 4) is 11.8 Å². The molecule has 1 aromatic heterocycles. The van der Waals surface area contributed by atoms with Crippen molar-refractivity contribution in [2.75, 3.05) is 0 Å². The van der Waals surface area contributed by atoms with Gasteiger partial charge in [0.05, 0.1) is 9.21 Å². The second-order valence-corrected chi connectivity index (χ2v) is 4.48. The predicted molar refractivity (Wildman–Crippen MR) is 56.7 cm³/mol. The second kappa shape index (κ2) is 3.93. The molecule has 2 N–H and O–H groups in total. The van der Waals surface area contributed by atoms with Crippen LogP contribution in [0.1, 0.15) is 4.88 Å². The fraction of sp³-hybridized carbons (Fsp3) is 0.111. The van der Waals surface area contributed by atoms with Gasteiger partial charge in [0, 0.05) is 0 Å². The van der Waals surface area contributed by atoms with Crippen LogP contribution in [0.2, 0.25) is 4.34 Å². The van der Waals surface area contributed by atoms with E-state index in [0.29, 0.717) is 4.34 Å². The minimum absolute atomic E-state index is 0.421. The number of nitrogens with one attached hydrogen (secondary N) is 2. The molecule has 1 aromatic rings. The van der Waals surface area contributed by atoms with E-state index >= 15 is 0 Å². The lowest BCUT2D eigenvalue weighted by Gasteiger charge is -1.93. The summed E-state index contributed by atoms with van der Waals surface area (Å²) in [5, 5.41) is 4.47. The van der Waals surface area contributed by atoms with Gasteiger partial charge in [-0.15, -0.1) is 11.3 Å². The summed E-state index contributed by atoms with van der Waals surface area (Å²) < 4.78 is 0.638. The van der Waals surface area contributed by atoms with Gasteiger partial charge in [-0.05, 0) is 12.1 Å². The second-order valence-electron chi connectivity index (χ2n) is 2.77. The van der Waals surface area contributed by atoms with Gasteiger partial charge in [-0.3, -0.25) is 10.1 Å². The number of hydrogen-bond donors (Lipinski definition) is 2. The third kappa shape index (κ3) is 2.29. The summed E-state index contributed by atoms with van der Waals surface area (Å²) in [5.74, 6) is 4.99. The van der Waals surface area contributed by atoms with Gasteiger partial charge in [0.1, 0.15) is 0 Å². The summed E-state index contributed by atoms with van der Waals surface area (Å²) in [4.78, 5) is 22.6. The monoisotopic (exact) mass is 240 g/mol. The van der Waals surface area contributed by atoms with Crippen LogP contribution < -0.4 is 10.6 Å². The van der Waals surface area contributed by atoms with E-state index in [1.807, 2.05) is 0 Å². The Bertz CT molecular complexity index is 486. The first-order valence-electron chi connectivity index (χ1n) is 4.03. The van der Waals surface area contributed by atoms with Gasteiger partial charge in [0.15, 0.2) is 6.04 Å². The number of imide groups is 1. The summed E-state index contributed by atoms with van der Waals surface area (Å²) in [6, 6.07) is 2.21. The lowest BCUT2D eigenvalue weighted by atomic mass is 10.3. The molecule has 1 atom stereocenters. The van der Waals surface area contributed by atoms with E-state index in [-0.39, 0.29) is 0 Å². The third-order valence-corrected chi connectivity index (χ3v) is 2.83. The molecule has 1 unspecified atom stereocenters. The molecule has 6 heteroatoms. The molecule has 0 radical (unpaired) electrons. The summed E-state index contributed by atoms with van der Waals surface area (Å²) in [5.41, 5.74) is 0. The number of thiophene rings is 1. The molecule has 0 bridgehead atoms. The van der Waals surface area contributed by atoms with Crippen LogP contribution in [0.25, 0.3) is 0 Å². The van der Waals surface area contributed by atoms with Crippen LogP contribution in [0, 0.1) is 11.8 Å². The number of hydrogen-bond acceptors (Lipinski definition) is 3. The Kier molecular flexibility index (Phi) is 2.62. The lowest BCUT2D eigenvalue weighted by Crippen LogP contribution is -2.26. The summed E-state index contributed by atoms with van der Waals surface area (Å²) in [6.07, 6.45) is 0. The molecule has 0 aliphatic carbocycles. The Morgan fingerprint density at radius 1 is 1.40 bits per heavy atom. The Hall–Kier alpha value is -1.51. The first-order chi connectivity index (χ1) is 7.15. The molecule has 15 heavy (non-hydrogen) atoms. The number of carbonyl (C=O) groups excluding carboxylic acids is 2. The highest BCUT2D eigenvalue weighted by Crippen LogP contribution is 2.20. The molecule has 2 heterocycles. The average Bonchev–Trinajstić information content (AvgIpc) is 2.70. The molecule has 0 saturated carbocycles. The molecule has 4 nitrogen and oxygen atoms in total. The van der Waals surface area contributed by atoms with Crippen molar-refractivity contribution in [1.29, 1.82) is 0 Å². The quantitative estimate of drug-likeness (QED) is 0.524. The van der Waals surface area contributed by atoms with Crippen molar-refractivity contribution in [3.63, 3.8) is 0 Å². The first-order valence-corrected chi connectivity index (χ1v) is 5.23. The van der Waals surface area contributed by atoms with E-state index in [2.05, 4.69) is 22.5 Å². The molecule has 0 spiro atoms. The molecular formula is C9H5ClN2O2S. The van der Waals surface area contributed by atoms with Crippen LogP contribution in [-0.2, 0) is 4.79 Å². The smallest absolute Gasteiger partial charge is 0.316 e. The Morgan fingerprint density at radius 2 is 2.20 bits per heavy atom. The normalized spacial score (nSPS) is 19.1. The van der Waals surface area contributed by atoms with Crippen LogP contribution in [0.15, 0.2) is 12.1 Å². The van der Waals surface area contributed by atoms with E-state index in [9.17, 15) is 9.59 Å². The van der Waals surface area contributed by atoms with Crippen molar-refractivity contribution < 1.29 is 9.59 Å². The fourth-order valence-electron chi connectivity index (χ4n) is 1.04. The van der Waals surface area contributed by atoms with Gasteiger partial charge in [0.25, 0.3) is 5.91 Å². The van der Waals surface area contributed by atoms with Crippen LogP contribution in [-0.4, -0.2) is 18.0 Å². The van der Waals surface area contributed by atoms with Crippen molar-refractivity contribution in [3.05, 3.63) is 21.3 Å². The molecule has 2 rings (SSSR count). The van der Waals surface area contributed by atoms with Crippen LogP contribution in [0.3, 0.4) is 0 Å². The van der Waals surface area contributed by atoms with Gasteiger partial charge in [0.2, 0.25) is 0 Å². The molecule has 1 saturated heterocycles. The van der Waals surface area contributed by atoms with Crippen molar-refractivity contribution in [2.24, 2.45) is 0 Å². The van der Waals surface area contributed by atoms with E-state index < -0.39 is 18.0 Å². The largest absolute Gasteiger partial charge is 0.322 e. The number of amides is 3. The maximum atomic E-state index is 11.1. The summed E-state index contributed by atoms with van der Waals surface area (Å²) in [7, 11) is 0. The molecular weight excluding hydrogens is 236 g/mol. The minimum Gasteiger partial charge on any atom is -0.316 e. The minimum atomic E-state index is -0.765. The molecule has 1 aliphatic heterocycles. The van der Waals surface area contributed by atoms with E-state index in [4.69, 9.17) is 11.6 Å². The highest BCUT2D eigenvalue weighted by Gasteiger charge is 2.27. The van der Waals surface area contributed by atoms with Gasteiger partial charge in [-0.1, -0.05) is 23.4 Å². The van der Waals surface area contributed by atoms with Gasteiger partial charge in [-0.25, -0.2) is 4.79 Å². The van der Waals surface area contributed by atoms with E-state index in [1.54, 1.807) is 12.1 Å². The predicted octanol–water partition coefficient (Wildman–Crippen LogP) is 0.961. The van der Waals surface area contributed by atoms with Crippen molar-refractivity contribution in [1.82, 2.24) is 10.6 Å². The first kappa shape index (κ1) is 10.0. The number of halogens is 1. The SMILES string of the molecule is O=C1NC(=O)C(C#Cc2ccc(Cl)s2)N1. The zero-order valence-electron chi connectivity index (χ0n) is 7.33. The molecule has 0 aromatic carbocycles. The lowest BCUT2D eigenvalue weighted by molar-refractivity contribution is -0.119. The molecule has 76 valence electrons. The maximum Gasteiger partial charge on any atom is 0.322 e. The maximum absolute atomic E-state index is 11.1.